The normalized spacial score (nSPS) is 21.1. The number of ether oxygens (including phenoxy) is 1. The molecule has 1 aliphatic rings. The molecule has 0 N–H and O–H groups in total. The number of furan rings is 1. The first-order valence-electron chi connectivity index (χ1n) is 6.44. The van der Waals surface area contributed by atoms with Gasteiger partial charge in [0.2, 0.25) is 0 Å². The topological polar surface area (TPSA) is 22.4 Å². The predicted octanol–water partition coefficient (Wildman–Crippen LogP) is 4.58. The second-order valence-electron chi connectivity index (χ2n) is 5.29. The fourth-order valence-corrected chi connectivity index (χ4v) is 2.57. The zero-order valence-electron chi connectivity index (χ0n) is 11.3. The molecule has 0 amide bonds. The molecular formula is C16H18O2. The number of hydrogen-bond donors (Lipinski definition) is 0. The van der Waals surface area contributed by atoms with Crippen LogP contribution in [0.25, 0.3) is 11.3 Å². The summed E-state index contributed by atoms with van der Waals surface area (Å²) in [6.07, 6.45) is 0.923. The van der Waals surface area contributed by atoms with Gasteiger partial charge in [-0.15, -0.1) is 0 Å². The lowest BCUT2D eigenvalue weighted by molar-refractivity contribution is 0.0784. The van der Waals surface area contributed by atoms with Crippen LogP contribution in [-0.4, -0.2) is 0 Å². The minimum Gasteiger partial charge on any atom is -0.482 e. The highest BCUT2D eigenvalue weighted by molar-refractivity contribution is 5.73. The van der Waals surface area contributed by atoms with Gasteiger partial charge in [0.15, 0.2) is 0 Å². The van der Waals surface area contributed by atoms with E-state index in [0.29, 0.717) is 0 Å². The second-order valence-corrected chi connectivity index (χ2v) is 5.29. The minimum absolute atomic E-state index is 0.284. The van der Waals surface area contributed by atoms with Crippen molar-refractivity contribution in [3.8, 4) is 17.1 Å². The molecule has 0 aliphatic carbocycles. The molecule has 2 heteroatoms. The van der Waals surface area contributed by atoms with Crippen LogP contribution in [0.15, 0.2) is 28.7 Å². The van der Waals surface area contributed by atoms with Crippen LogP contribution in [0.4, 0.5) is 0 Å². The summed E-state index contributed by atoms with van der Waals surface area (Å²) in [6.45, 7) is 8.34. The summed E-state index contributed by atoms with van der Waals surface area (Å²) in [5.41, 5.74) is 3.15. The Morgan fingerprint density at radius 3 is 2.67 bits per heavy atom. The lowest BCUT2D eigenvalue weighted by atomic mass is 9.88. The Morgan fingerprint density at radius 1 is 1.17 bits per heavy atom. The highest BCUT2D eigenvalue weighted by Gasteiger charge is 2.37. The van der Waals surface area contributed by atoms with Crippen molar-refractivity contribution in [1.82, 2.24) is 0 Å². The second kappa shape index (κ2) is 3.64. The van der Waals surface area contributed by atoms with E-state index in [9.17, 15) is 0 Å². The van der Waals surface area contributed by atoms with Crippen LogP contribution in [0.2, 0.25) is 0 Å². The van der Waals surface area contributed by atoms with Crippen LogP contribution in [-0.2, 0) is 5.60 Å². The predicted molar refractivity (Wildman–Crippen MR) is 71.9 cm³/mol. The van der Waals surface area contributed by atoms with E-state index in [1.54, 1.807) is 0 Å². The summed E-state index contributed by atoms with van der Waals surface area (Å²) in [7, 11) is 0. The van der Waals surface area contributed by atoms with Crippen molar-refractivity contribution in [2.24, 2.45) is 0 Å². The number of aryl methyl sites for hydroxylation is 2. The smallest absolute Gasteiger partial charge is 0.145 e. The van der Waals surface area contributed by atoms with Gasteiger partial charge in [0.1, 0.15) is 22.9 Å². The maximum atomic E-state index is 6.23. The van der Waals surface area contributed by atoms with Crippen LogP contribution in [0.1, 0.15) is 37.2 Å². The van der Waals surface area contributed by atoms with E-state index in [0.717, 1.165) is 29.3 Å². The molecule has 1 aromatic heterocycles. The van der Waals surface area contributed by atoms with Gasteiger partial charge >= 0.3 is 0 Å². The van der Waals surface area contributed by atoms with E-state index in [2.05, 4.69) is 45.0 Å². The highest BCUT2D eigenvalue weighted by Crippen LogP contribution is 2.48. The van der Waals surface area contributed by atoms with Crippen molar-refractivity contribution in [3.05, 3.63) is 41.2 Å². The van der Waals surface area contributed by atoms with Gasteiger partial charge in [-0.3, -0.25) is 0 Å². The molecule has 94 valence electrons. The van der Waals surface area contributed by atoms with Crippen molar-refractivity contribution < 1.29 is 9.15 Å². The molecule has 1 aliphatic heterocycles. The lowest BCUT2D eigenvalue weighted by Crippen LogP contribution is -2.31. The van der Waals surface area contributed by atoms with Crippen LogP contribution < -0.4 is 4.74 Å². The molecular weight excluding hydrogens is 224 g/mol. The van der Waals surface area contributed by atoms with Gasteiger partial charge in [-0.25, -0.2) is 0 Å². The number of rotatable bonds is 1. The Hall–Kier alpha value is -1.70. The maximum absolute atomic E-state index is 6.23. The monoisotopic (exact) mass is 242 g/mol. The molecule has 0 radical (unpaired) electrons. The maximum Gasteiger partial charge on any atom is 0.145 e. The van der Waals surface area contributed by atoms with Crippen LogP contribution in [0.3, 0.4) is 0 Å². The van der Waals surface area contributed by atoms with E-state index in [4.69, 9.17) is 9.15 Å². The number of hydrogen-bond acceptors (Lipinski definition) is 2. The van der Waals surface area contributed by atoms with Gasteiger partial charge in [0, 0.05) is 5.56 Å². The summed E-state index contributed by atoms with van der Waals surface area (Å²) in [5, 5.41) is 0. The summed E-state index contributed by atoms with van der Waals surface area (Å²) >= 11 is 0. The van der Waals surface area contributed by atoms with Gasteiger partial charge < -0.3 is 9.15 Å². The lowest BCUT2D eigenvalue weighted by Gasteiger charge is -2.34. The summed E-state index contributed by atoms with van der Waals surface area (Å²) in [5.74, 6) is 2.84. The summed E-state index contributed by atoms with van der Waals surface area (Å²) in [6, 6.07) is 8.37. The molecule has 0 spiro atoms. The third kappa shape index (κ3) is 1.48. The van der Waals surface area contributed by atoms with Gasteiger partial charge in [0.25, 0.3) is 0 Å². The Balaban J connectivity index is 2.29. The van der Waals surface area contributed by atoms with Crippen molar-refractivity contribution in [1.29, 1.82) is 0 Å². The largest absolute Gasteiger partial charge is 0.482 e. The van der Waals surface area contributed by atoms with Crippen molar-refractivity contribution in [3.63, 3.8) is 0 Å². The zero-order chi connectivity index (χ0) is 12.9. The summed E-state index contributed by atoms with van der Waals surface area (Å²) < 4.78 is 12.1. The minimum atomic E-state index is -0.284. The number of fused-ring (bicyclic) bond motifs is 3. The zero-order valence-corrected chi connectivity index (χ0v) is 11.3. The highest BCUT2D eigenvalue weighted by atomic mass is 16.5. The summed E-state index contributed by atoms with van der Waals surface area (Å²) in [4.78, 5) is 0. The SMILES string of the molecule is CCC1(C)Oc2cc(C)ccc2-c2oc(C)cc21. The van der Waals surface area contributed by atoms with Crippen LogP contribution in [0.5, 0.6) is 5.75 Å². The molecule has 0 bridgehead atoms. The van der Waals surface area contributed by atoms with Gasteiger partial charge in [-0.05, 0) is 51.0 Å². The fourth-order valence-electron chi connectivity index (χ4n) is 2.57. The van der Waals surface area contributed by atoms with Crippen LogP contribution in [0, 0.1) is 13.8 Å². The van der Waals surface area contributed by atoms with E-state index >= 15 is 0 Å². The Labute approximate surface area is 108 Å². The van der Waals surface area contributed by atoms with Gasteiger partial charge in [-0.1, -0.05) is 13.0 Å². The van der Waals surface area contributed by atoms with E-state index in [-0.39, 0.29) is 5.60 Å². The molecule has 1 aromatic carbocycles. The Morgan fingerprint density at radius 2 is 1.94 bits per heavy atom. The first-order valence-corrected chi connectivity index (χ1v) is 6.44. The molecule has 3 rings (SSSR count). The van der Waals surface area contributed by atoms with Crippen LogP contribution >= 0.6 is 0 Å². The molecule has 1 unspecified atom stereocenters. The van der Waals surface area contributed by atoms with E-state index in [1.807, 2.05) is 6.92 Å². The Kier molecular flexibility index (Phi) is 2.31. The van der Waals surface area contributed by atoms with Crippen molar-refractivity contribution in [2.45, 2.75) is 39.7 Å². The molecule has 0 fully saturated rings. The molecule has 2 heterocycles. The van der Waals surface area contributed by atoms with E-state index in [1.165, 1.54) is 11.1 Å². The first-order chi connectivity index (χ1) is 8.53. The Bertz CT molecular complexity index is 610. The molecule has 2 nitrogen and oxygen atoms in total. The quantitative estimate of drug-likeness (QED) is 0.730. The molecule has 1 atom stereocenters. The first kappa shape index (κ1) is 11.4. The van der Waals surface area contributed by atoms with Gasteiger partial charge in [0.05, 0.1) is 5.56 Å². The average Bonchev–Trinajstić information content (AvgIpc) is 2.72. The van der Waals surface area contributed by atoms with Crippen molar-refractivity contribution >= 4 is 0 Å². The molecule has 2 aromatic rings. The standard InChI is InChI=1S/C16H18O2/c1-5-16(4)13-9-11(3)17-15(13)12-7-6-10(2)8-14(12)18-16/h6-9H,5H2,1-4H3. The van der Waals surface area contributed by atoms with Gasteiger partial charge in [-0.2, -0.15) is 0 Å². The third-order valence-electron chi connectivity index (χ3n) is 3.82. The van der Waals surface area contributed by atoms with Crippen molar-refractivity contribution in [2.75, 3.05) is 0 Å². The number of benzene rings is 1. The average molecular weight is 242 g/mol. The third-order valence-corrected chi connectivity index (χ3v) is 3.82. The molecule has 18 heavy (non-hydrogen) atoms. The molecule has 0 saturated carbocycles. The fraction of sp³-hybridized carbons (Fsp3) is 0.375. The van der Waals surface area contributed by atoms with E-state index < -0.39 is 0 Å². The molecule has 0 saturated heterocycles.